The average Bonchev–Trinajstić information content (AvgIpc) is 2.38. The van der Waals surface area contributed by atoms with E-state index in [0.29, 0.717) is 0 Å². The summed E-state index contributed by atoms with van der Waals surface area (Å²) in [5.74, 6) is -0.226. The van der Waals surface area contributed by atoms with Crippen molar-refractivity contribution in [2.24, 2.45) is 0 Å². The minimum absolute atomic E-state index is 0.226. The third-order valence-electron chi connectivity index (χ3n) is 2.54. The molecule has 0 atom stereocenters. The van der Waals surface area contributed by atoms with Gasteiger partial charge in [0.05, 0.1) is 0 Å². The Bertz CT molecular complexity index is 571. The Balaban J connectivity index is 2.24. The van der Waals surface area contributed by atoms with Crippen LogP contribution in [0, 0.1) is 0 Å². The SMILES string of the molecule is C=Cc1cccc(-c2ccc(OC(F)(F)F)cc2)c1. The van der Waals surface area contributed by atoms with Crippen LogP contribution in [0.1, 0.15) is 5.56 Å². The Kier molecular flexibility index (Phi) is 3.60. The van der Waals surface area contributed by atoms with Crippen LogP contribution in [0.5, 0.6) is 5.75 Å². The summed E-state index contributed by atoms with van der Waals surface area (Å²) in [6, 6.07) is 13.3. The Morgan fingerprint density at radius 2 is 1.63 bits per heavy atom. The highest BCUT2D eigenvalue weighted by atomic mass is 19.4. The lowest BCUT2D eigenvalue weighted by molar-refractivity contribution is -0.274. The van der Waals surface area contributed by atoms with E-state index < -0.39 is 6.36 Å². The molecule has 0 heterocycles. The van der Waals surface area contributed by atoms with E-state index in [4.69, 9.17) is 0 Å². The Hall–Kier alpha value is -2.23. The van der Waals surface area contributed by atoms with Crippen molar-refractivity contribution in [2.75, 3.05) is 0 Å². The molecule has 0 N–H and O–H groups in total. The minimum Gasteiger partial charge on any atom is -0.406 e. The smallest absolute Gasteiger partial charge is 0.406 e. The van der Waals surface area contributed by atoms with Gasteiger partial charge in [-0.05, 0) is 34.9 Å². The zero-order valence-corrected chi connectivity index (χ0v) is 9.95. The molecule has 0 unspecified atom stereocenters. The third kappa shape index (κ3) is 3.61. The maximum Gasteiger partial charge on any atom is 0.573 e. The Labute approximate surface area is 109 Å². The van der Waals surface area contributed by atoms with Crippen LogP contribution in [-0.2, 0) is 0 Å². The topological polar surface area (TPSA) is 9.23 Å². The van der Waals surface area contributed by atoms with Gasteiger partial charge < -0.3 is 4.74 Å². The van der Waals surface area contributed by atoms with Gasteiger partial charge in [0.1, 0.15) is 5.75 Å². The van der Waals surface area contributed by atoms with Gasteiger partial charge in [0, 0.05) is 0 Å². The Morgan fingerprint density at radius 3 is 2.21 bits per heavy atom. The maximum atomic E-state index is 12.0. The molecule has 0 bridgehead atoms. The normalized spacial score (nSPS) is 11.1. The van der Waals surface area contributed by atoms with Gasteiger partial charge in [0.15, 0.2) is 0 Å². The fourth-order valence-corrected chi connectivity index (χ4v) is 1.69. The zero-order valence-electron chi connectivity index (χ0n) is 9.95. The summed E-state index contributed by atoms with van der Waals surface area (Å²) in [5.41, 5.74) is 2.68. The lowest BCUT2D eigenvalue weighted by Crippen LogP contribution is -2.16. The van der Waals surface area contributed by atoms with E-state index in [0.717, 1.165) is 16.7 Å². The van der Waals surface area contributed by atoms with Crippen molar-refractivity contribution in [1.82, 2.24) is 0 Å². The molecule has 2 rings (SSSR count). The second-order valence-electron chi connectivity index (χ2n) is 3.90. The van der Waals surface area contributed by atoms with Gasteiger partial charge in [-0.1, -0.05) is 43.0 Å². The quantitative estimate of drug-likeness (QED) is 0.766. The average molecular weight is 264 g/mol. The highest BCUT2D eigenvalue weighted by Crippen LogP contribution is 2.27. The molecule has 0 aliphatic carbocycles. The number of rotatable bonds is 3. The molecular weight excluding hydrogens is 253 g/mol. The molecule has 4 heteroatoms. The standard InChI is InChI=1S/C15H11F3O/c1-2-11-4-3-5-13(10-11)12-6-8-14(9-7-12)19-15(16,17)18/h2-10H,1H2. The van der Waals surface area contributed by atoms with Crippen molar-refractivity contribution in [3.05, 3.63) is 60.7 Å². The van der Waals surface area contributed by atoms with E-state index in [1.807, 2.05) is 24.3 Å². The molecule has 2 aromatic carbocycles. The molecule has 0 amide bonds. The van der Waals surface area contributed by atoms with Crippen LogP contribution in [0.15, 0.2) is 55.1 Å². The van der Waals surface area contributed by atoms with Crippen LogP contribution in [-0.4, -0.2) is 6.36 Å². The molecular formula is C15H11F3O. The molecule has 2 aromatic rings. The summed E-state index contributed by atoms with van der Waals surface area (Å²) in [5, 5.41) is 0. The summed E-state index contributed by atoms with van der Waals surface area (Å²) in [7, 11) is 0. The first-order valence-electron chi connectivity index (χ1n) is 5.56. The predicted molar refractivity (Wildman–Crippen MR) is 68.7 cm³/mol. The van der Waals surface area contributed by atoms with Crippen molar-refractivity contribution in [3.63, 3.8) is 0 Å². The molecule has 0 radical (unpaired) electrons. The van der Waals surface area contributed by atoms with E-state index >= 15 is 0 Å². The van der Waals surface area contributed by atoms with Crippen LogP contribution in [0.2, 0.25) is 0 Å². The van der Waals surface area contributed by atoms with Gasteiger partial charge in [-0.15, -0.1) is 13.2 Å². The van der Waals surface area contributed by atoms with Crippen molar-refractivity contribution in [1.29, 1.82) is 0 Å². The lowest BCUT2D eigenvalue weighted by atomic mass is 10.0. The molecule has 0 fully saturated rings. The van der Waals surface area contributed by atoms with Crippen LogP contribution >= 0.6 is 0 Å². The van der Waals surface area contributed by atoms with Gasteiger partial charge in [-0.25, -0.2) is 0 Å². The maximum absolute atomic E-state index is 12.0. The minimum atomic E-state index is -4.66. The molecule has 0 saturated heterocycles. The van der Waals surface area contributed by atoms with E-state index in [1.54, 1.807) is 18.2 Å². The summed E-state index contributed by atoms with van der Waals surface area (Å²) in [6.45, 7) is 3.68. The molecule has 19 heavy (non-hydrogen) atoms. The van der Waals surface area contributed by atoms with Crippen LogP contribution in [0.3, 0.4) is 0 Å². The van der Waals surface area contributed by atoms with Crippen LogP contribution in [0.4, 0.5) is 13.2 Å². The first-order valence-corrected chi connectivity index (χ1v) is 5.56. The van der Waals surface area contributed by atoms with Crippen LogP contribution < -0.4 is 4.74 Å². The van der Waals surface area contributed by atoms with E-state index in [9.17, 15) is 13.2 Å². The van der Waals surface area contributed by atoms with Crippen LogP contribution in [0.25, 0.3) is 17.2 Å². The second kappa shape index (κ2) is 5.18. The van der Waals surface area contributed by atoms with Crippen molar-refractivity contribution in [3.8, 4) is 16.9 Å². The number of halogens is 3. The molecule has 0 aliphatic heterocycles. The lowest BCUT2D eigenvalue weighted by Gasteiger charge is -2.09. The number of ether oxygens (including phenoxy) is 1. The predicted octanol–water partition coefficient (Wildman–Crippen LogP) is 4.90. The number of hydrogen-bond donors (Lipinski definition) is 0. The number of alkyl halides is 3. The fourth-order valence-electron chi connectivity index (χ4n) is 1.69. The van der Waals surface area contributed by atoms with E-state index in [1.165, 1.54) is 12.1 Å². The molecule has 0 spiro atoms. The van der Waals surface area contributed by atoms with Crippen molar-refractivity contribution < 1.29 is 17.9 Å². The number of hydrogen-bond acceptors (Lipinski definition) is 1. The molecule has 0 saturated carbocycles. The molecule has 98 valence electrons. The second-order valence-corrected chi connectivity index (χ2v) is 3.90. The monoisotopic (exact) mass is 264 g/mol. The summed E-state index contributed by atoms with van der Waals surface area (Å²) >= 11 is 0. The zero-order chi connectivity index (χ0) is 13.9. The molecule has 1 nitrogen and oxygen atoms in total. The van der Waals surface area contributed by atoms with Gasteiger partial charge in [-0.3, -0.25) is 0 Å². The first kappa shape index (κ1) is 13.2. The molecule has 0 aromatic heterocycles. The van der Waals surface area contributed by atoms with Gasteiger partial charge in [0.25, 0.3) is 0 Å². The summed E-state index contributed by atoms with van der Waals surface area (Å²) in [6.07, 6.45) is -2.95. The van der Waals surface area contributed by atoms with E-state index in [2.05, 4.69) is 11.3 Å². The largest absolute Gasteiger partial charge is 0.573 e. The highest BCUT2D eigenvalue weighted by Gasteiger charge is 2.30. The Morgan fingerprint density at radius 1 is 0.947 bits per heavy atom. The first-order chi connectivity index (χ1) is 8.98. The van der Waals surface area contributed by atoms with E-state index in [-0.39, 0.29) is 5.75 Å². The van der Waals surface area contributed by atoms with Crippen molar-refractivity contribution >= 4 is 6.08 Å². The molecule has 0 aliphatic rings. The summed E-state index contributed by atoms with van der Waals surface area (Å²) in [4.78, 5) is 0. The summed E-state index contributed by atoms with van der Waals surface area (Å²) < 4.78 is 39.9. The van der Waals surface area contributed by atoms with Gasteiger partial charge >= 0.3 is 6.36 Å². The van der Waals surface area contributed by atoms with Gasteiger partial charge in [-0.2, -0.15) is 0 Å². The fraction of sp³-hybridized carbons (Fsp3) is 0.0667. The third-order valence-corrected chi connectivity index (χ3v) is 2.54. The van der Waals surface area contributed by atoms with Gasteiger partial charge in [0.2, 0.25) is 0 Å². The highest BCUT2D eigenvalue weighted by molar-refractivity contribution is 5.67. The van der Waals surface area contributed by atoms with Crippen molar-refractivity contribution in [2.45, 2.75) is 6.36 Å². The number of benzene rings is 2.